The first-order valence-corrected chi connectivity index (χ1v) is 7.23. The van der Waals surface area contributed by atoms with Crippen LogP contribution in [0.5, 0.6) is 0 Å². The quantitative estimate of drug-likeness (QED) is 0.885. The van der Waals surface area contributed by atoms with E-state index in [1.807, 2.05) is 0 Å². The minimum Gasteiger partial charge on any atom is -0.390 e. The molecule has 1 aromatic carbocycles. The van der Waals surface area contributed by atoms with Crippen LogP contribution < -0.4 is 0 Å². The molecule has 1 saturated heterocycles. The zero-order valence-electron chi connectivity index (χ0n) is 10.1. The zero-order chi connectivity index (χ0) is 13.4. The Bertz CT molecular complexity index is 515. The van der Waals surface area contributed by atoms with E-state index in [2.05, 4.69) is 0 Å². The van der Waals surface area contributed by atoms with Gasteiger partial charge in [-0.05, 0) is 44.0 Å². The first-order chi connectivity index (χ1) is 8.31. The molecule has 1 aliphatic rings. The summed E-state index contributed by atoms with van der Waals surface area (Å²) >= 11 is 0. The van der Waals surface area contributed by atoms with Gasteiger partial charge in [0.05, 0.1) is 10.5 Å². The van der Waals surface area contributed by atoms with Crippen LogP contribution in [0.15, 0.2) is 29.2 Å². The Morgan fingerprint density at radius 1 is 1.22 bits per heavy atom. The minimum absolute atomic E-state index is 0.0884. The van der Waals surface area contributed by atoms with E-state index in [1.165, 1.54) is 16.4 Å². The summed E-state index contributed by atoms with van der Waals surface area (Å²) < 4.78 is 38.6. The molecule has 0 spiro atoms. The first-order valence-electron chi connectivity index (χ1n) is 5.79. The van der Waals surface area contributed by atoms with Crippen molar-refractivity contribution in [1.29, 1.82) is 0 Å². The summed E-state index contributed by atoms with van der Waals surface area (Å²) in [7, 11) is -3.57. The number of rotatable bonds is 2. The molecule has 2 rings (SSSR count). The van der Waals surface area contributed by atoms with Crippen molar-refractivity contribution < 1.29 is 17.9 Å². The molecule has 4 nitrogen and oxygen atoms in total. The molecule has 0 aromatic heterocycles. The van der Waals surface area contributed by atoms with Gasteiger partial charge in [0, 0.05) is 13.1 Å². The van der Waals surface area contributed by atoms with E-state index in [4.69, 9.17) is 0 Å². The van der Waals surface area contributed by atoms with Gasteiger partial charge in [0.1, 0.15) is 5.82 Å². The first kappa shape index (κ1) is 13.5. The number of hydrogen-bond donors (Lipinski definition) is 1. The van der Waals surface area contributed by atoms with Gasteiger partial charge in [0.25, 0.3) is 0 Å². The Balaban J connectivity index is 2.20. The highest BCUT2D eigenvalue weighted by Crippen LogP contribution is 2.26. The Labute approximate surface area is 106 Å². The molecule has 0 amide bonds. The fourth-order valence-corrected chi connectivity index (χ4v) is 3.41. The average Bonchev–Trinajstić information content (AvgIpc) is 2.29. The number of aliphatic hydroxyl groups is 1. The monoisotopic (exact) mass is 273 g/mol. The van der Waals surface area contributed by atoms with Crippen molar-refractivity contribution >= 4 is 10.0 Å². The third kappa shape index (κ3) is 2.71. The highest BCUT2D eigenvalue weighted by Gasteiger charge is 2.33. The van der Waals surface area contributed by atoms with Gasteiger partial charge in [0.15, 0.2) is 0 Å². The molecule has 100 valence electrons. The summed E-state index contributed by atoms with van der Waals surface area (Å²) in [4.78, 5) is 0.0884. The van der Waals surface area contributed by atoms with Crippen LogP contribution in [0.1, 0.15) is 19.8 Å². The van der Waals surface area contributed by atoms with Crippen molar-refractivity contribution in [2.45, 2.75) is 30.3 Å². The molecular formula is C12H16FNO3S. The van der Waals surface area contributed by atoms with Crippen molar-refractivity contribution in [3.8, 4) is 0 Å². The number of sulfonamides is 1. The van der Waals surface area contributed by atoms with E-state index in [9.17, 15) is 17.9 Å². The van der Waals surface area contributed by atoms with Gasteiger partial charge in [-0.25, -0.2) is 12.8 Å². The van der Waals surface area contributed by atoms with Gasteiger partial charge >= 0.3 is 0 Å². The second-order valence-electron chi connectivity index (χ2n) is 4.85. The largest absolute Gasteiger partial charge is 0.390 e. The second kappa shape index (κ2) is 4.60. The third-order valence-electron chi connectivity index (χ3n) is 3.25. The highest BCUT2D eigenvalue weighted by atomic mass is 32.2. The Morgan fingerprint density at radius 3 is 2.22 bits per heavy atom. The summed E-state index contributed by atoms with van der Waals surface area (Å²) in [6.45, 7) is 2.27. The third-order valence-corrected chi connectivity index (χ3v) is 5.16. The van der Waals surface area contributed by atoms with Crippen LogP contribution in [0.3, 0.4) is 0 Å². The molecule has 0 aliphatic carbocycles. The second-order valence-corrected chi connectivity index (χ2v) is 6.79. The van der Waals surface area contributed by atoms with E-state index < -0.39 is 21.4 Å². The lowest BCUT2D eigenvalue weighted by molar-refractivity contribution is 0.0126. The lowest BCUT2D eigenvalue weighted by Crippen LogP contribution is -2.45. The number of benzene rings is 1. The van der Waals surface area contributed by atoms with Crippen molar-refractivity contribution in [2.24, 2.45) is 0 Å². The van der Waals surface area contributed by atoms with E-state index in [0.717, 1.165) is 12.1 Å². The summed E-state index contributed by atoms with van der Waals surface area (Å²) in [5.41, 5.74) is -0.797. The topological polar surface area (TPSA) is 57.6 Å². The van der Waals surface area contributed by atoms with E-state index in [1.54, 1.807) is 6.92 Å². The smallest absolute Gasteiger partial charge is 0.243 e. The van der Waals surface area contributed by atoms with Gasteiger partial charge in [-0.2, -0.15) is 4.31 Å². The fraction of sp³-hybridized carbons (Fsp3) is 0.500. The van der Waals surface area contributed by atoms with Crippen LogP contribution in [0.25, 0.3) is 0 Å². The van der Waals surface area contributed by atoms with Crippen molar-refractivity contribution in [2.75, 3.05) is 13.1 Å². The van der Waals surface area contributed by atoms with Crippen LogP contribution in [0.4, 0.5) is 4.39 Å². The van der Waals surface area contributed by atoms with Crippen molar-refractivity contribution in [1.82, 2.24) is 4.31 Å². The highest BCUT2D eigenvalue weighted by molar-refractivity contribution is 7.89. The van der Waals surface area contributed by atoms with Gasteiger partial charge in [-0.15, -0.1) is 0 Å². The lowest BCUT2D eigenvalue weighted by Gasteiger charge is -2.34. The lowest BCUT2D eigenvalue weighted by atomic mass is 9.95. The molecule has 1 fully saturated rings. The number of nitrogens with zero attached hydrogens (tertiary/aromatic N) is 1. The number of halogens is 1. The molecule has 6 heteroatoms. The van der Waals surface area contributed by atoms with E-state index >= 15 is 0 Å². The Kier molecular flexibility index (Phi) is 3.44. The minimum atomic E-state index is -3.57. The van der Waals surface area contributed by atoms with Gasteiger partial charge < -0.3 is 5.11 Å². The van der Waals surface area contributed by atoms with Crippen LogP contribution in [-0.4, -0.2) is 36.5 Å². The molecule has 0 bridgehead atoms. The SMILES string of the molecule is CC1(O)CCN(S(=O)(=O)c2ccc(F)cc2)CC1. The van der Waals surface area contributed by atoms with Crippen LogP contribution in [0.2, 0.25) is 0 Å². The van der Waals surface area contributed by atoms with Crippen LogP contribution in [-0.2, 0) is 10.0 Å². The zero-order valence-corrected chi connectivity index (χ0v) is 11.0. The Hall–Kier alpha value is -0.980. The predicted molar refractivity (Wildman–Crippen MR) is 65.0 cm³/mol. The number of hydrogen-bond acceptors (Lipinski definition) is 3. The molecule has 1 heterocycles. The molecule has 0 saturated carbocycles. The van der Waals surface area contributed by atoms with Crippen LogP contribution in [0, 0.1) is 5.82 Å². The standard InChI is InChI=1S/C12H16FNO3S/c1-12(15)6-8-14(9-7-12)18(16,17)11-4-2-10(13)3-5-11/h2-5,15H,6-9H2,1H3. The van der Waals surface area contributed by atoms with Gasteiger partial charge in [0.2, 0.25) is 10.0 Å². The summed E-state index contributed by atoms with van der Waals surface area (Å²) in [5, 5.41) is 9.79. The molecular weight excluding hydrogens is 257 g/mol. The average molecular weight is 273 g/mol. The molecule has 0 unspecified atom stereocenters. The normalized spacial score (nSPS) is 20.8. The maximum Gasteiger partial charge on any atom is 0.243 e. The maximum absolute atomic E-state index is 12.8. The molecule has 1 aromatic rings. The molecule has 0 radical (unpaired) electrons. The fourth-order valence-electron chi connectivity index (χ4n) is 1.96. The summed E-state index contributed by atoms with van der Waals surface area (Å²) in [5.74, 6) is -0.462. The van der Waals surface area contributed by atoms with Gasteiger partial charge in [-0.3, -0.25) is 0 Å². The molecule has 0 atom stereocenters. The van der Waals surface area contributed by atoms with E-state index in [-0.39, 0.29) is 18.0 Å². The van der Waals surface area contributed by atoms with Crippen molar-refractivity contribution in [3.63, 3.8) is 0 Å². The molecule has 18 heavy (non-hydrogen) atoms. The summed E-state index contributed by atoms with van der Waals surface area (Å²) in [6.07, 6.45) is 0.820. The predicted octanol–water partition coefficient (Wildman–Crippen LogP) is 1.36. The maximum atomic E-state index is 12.8. The Morgan fingerprint density at radius 2 is 1.72 bits per heavy atom. The van der Waals surface area contributed by atoms with Crippen molar-refractivity contribution in [3.05, 3.63) is 30.1 Å². The van der Waals surface area contributed by atoms with Gasteiger partial charge in [-0.1, -0.05) is 0 Å². The van der Waals surface area contributed by atoms with Crippen LogP contribution >= 0.6 is 0 Å². The van der Waals surface area contributed by atoms with E-state index in [0.29, 0.717) is 12.8 Å². The molecule has 1 aliphatic heterocycles. The molecule has 1 N–H and O–H groups in total. The number of piperidine rings is 1. The summed E-state index contributed by atoms with van der Waals surface area (Å²) in [6, 6.07) is 4.79.